The summed E-state index contributed by atoms with van der Waals surface area (Å²) in [7, 11) is 0. The van der Waals surface area contributed by atoms with Crippen LogP contribution in [0.15, 0.2) is 22.8 Å². The summed E-state index contributed by atoms with van der Waals surface area (Å²) in [5.74, 6) is -0.0875. The van der Waals surface area contributed by atoms with Crippen LogP contribution in [0.3, 0.4) is 0 Å². The molecular weight excluding hydrogens is 236 g/mol. The maximum Gasteiger partial charge on any atom is 0.248 e. The predicted octanol–water partition coefficient (Wildman–Crippen LogP) is 1.00. The highest BCUT2D eigenvalue weighted by Gasteiger charge is 2.21. The van der Waals surface area contributed by atoms with E-state index in [4.69, 9.17) is 9.15 Å². The fourth-order valence-corrected chi connectivity index (χ4v) is 1.90. The van der Waals surface area contributed by atoms with Gasteiger partial charge >= 0.3 is 0 Å². The third-order valence-electron chi connectivity index (χ3n) is 3.10. The number of nitrogens with one attached hydrogen (secondary N) is 1. The smallest absolute Gasteiger partial charge is 0.248 e. The van der Waals surface area contributed by atoms with Crippen molar-refractivity contribution in [3.05, 3.63) is 24.1 Å². The van der Waals surface area contributed by atoms with Gasteiger partial charge in [0.1, 0.15) is 6.61 Å². The van der Waals surface area contributed by atoms with Crippen LogP contribution < -0.4 is 0 Å². The van der Waals surface area contributed by atoms with Crippen LogP contribution in [-0.2, 0) is 9.53 Å². The Bertz CT molecular complexity index is 527. The summed E-state index contributed by atoms with van der Waals surface area (Å²) in [6.45, 7) is 1.46. The van der Waals surface area contributed by atoms with E-state index in [1.807, 2.05) is 0 Å². The second kappa shape index (κ2) is 4.47. The monoisotopic (exact) mass is 250 g/mol. The number of rotatable bonds is 4. The van der Waals surface area contributed by atoms with Crippen LogP contribution in [0, 0.1) is 0 Å². The number of amides is 1. The highest BCUT2D eigenvalue weighted by atomic mass is 16.6. The third kappa shape index (κ3) is 2.00. The lowest BCUT2D eigenvalue weighted by molar-refractivity contribution is -0.155. The standard InChI is InChI=1S/C12H14N2O4/c15-11(14-3-1-4-14)7-18-12(16)9-6-10-8(13-9)2-5-17-10/h2,5-6,12-13,16H,1,3-4,7H2. The summed E-state index contributed by atoms with van der Waals surface area (Å²) in [5.41, 5.74) is 1.93. The Hall–Kier alpha value is -1.79. The van der Waals surface area contributed by atoms with Crippen molar-refractivity contribution < 1.29 is 19.1 Å². The first kappa shape index (κ1) is 11.3. The first-order valence-electron chi connectivity index (χ1n) is 5.87. The Morgan fingerprint density at radius 2 is 2.44 bits per heavy atom. The van der Waals surface area contributed by atoms with Gasteiger partial charge in [0.2, 0.25) is 5.91 Å². The Kier molecular flexibility index (Phi) is 2.81. The minimum Gasteiger partial charge on any atom is -0.463 e. The molecule has 1 unspecified atom stereocenters. The third-order valence-corrected chi connectivity index (χ3v) is 3.10. The minimum atomic E-state index is -1.14. The zero-order valence-corrected chi connectivity index (χ0v) is 9.76. The second-order valence-corrected chi connectivity index (χ2v) is 4.32. The molecular formula is C12H14N2O4. The largest absolute Gasteiger partial charge is 0.463 e. The van der Waals surface area contributed by atoms with E-state index in [0.717, 1.165) is 25.0 Å². The lowest BCUT2D eigenvalue weighted by Crippen LogP contribution is -2.44. The van der Waals surface area contributed by atoms with Gasteiger partial charge in [-0.25, -0.2) is 0 Å². The maximum absolute atomic E-state index is 11.5. The molecule has 3 rings (SSSR count). The van der Waals surface area contributed by atoms with E-state index in [-0.39, 0.29) is 12.5 Å². The molecule has 1 aliphatic heterocycles. The minimum absolute atomic E-state index is 0.0875. The second-order valence-electron chi connectivity index (χ2n) is 4.32. The van der Waals surface area contributed by atoms with E-state index < -0.39 is 6.29 Å². The van der Waals surface area contributed by atoms with Crippen LogP contribution >= 0.6 is 0 Å². The molecule has 2 aromatic heterocycles. The van der Waals surface area contributed by atoms with Gasteiger partial charge in [-0.05, 0) is 6.42 Å². The number of fused-ring (bicyclic) bond motifs is 1. The lowest BCUT2D eigenvalue weighted by atomic mass is 10.2. The lowest BCUT2D eigenvalue weighted by Gasteiger charge is -2.30. The van der Waals surface area contributed by atoms with Crippen molar-refractivity contribution in [2.24, 2.45) is 0 Å². The van der Waals surface area contributed by atoms with Gasteiger partial charge in [-0.1, -0.05) is 0 Å². The zero-order valence-electron chi connectivity index (χ0n) is 9.76. The van der Waals surface area contributed by atoms with E-state index in [1.165, 1.54) is 0 Å². The van der Waals surface area contributed by atoms with Crippen molar-refractivity contribution in [2.45, 2.75) is 12.7 Å². The number of aromatic amines is 1. The van der Waals surface area contributed by atoms with Crippen LogP contribution in [0.4, 0.5) is 0 Å². The number of hydrogen-bond acceptors (Lipinski definition) is 4. The number of carbonyl (C=O) groups excluding carboxylic acids is 1. The molecule has 1 atom stereocenters. The molecule has 6 nitrogen and oxygen atoms in total. The molecule has 18 heavy (non-hydrogen) atoms. The van der Waals surface area contributed by atoms with Gasteiger partial charge in [-0.3, -0.25) is 4.79 Å². The highest BCUT2D eigenvalue weighted by molar-refractivity contribution is 5.78. The molecule has 1 saturated heterocycles. The van der Waals surface area contributed by atoms with Crippen LogP contribution in [-0.4, -0.2) is 40.6 Å². The topological polar surface area (TPSA) is 78.7 Å². The van der Waals surface area contributed by atoms with Crippen LogP contribution in [0.25, 0.3) is 11.1 Å². The number of nitrogens with zero attached hydrogens (tertiary/aromatic N) is 1. The number of likely N-dealkylation sites (tertiary alicyclic amines) is 1. The van der Waals surface area contributed by atoms with Gasteiger partial charge < -0.3 is 24.1 Å². The van der Waals surface area contributed by atoms with E-state index in [1.54, 1.807) is 23.3 Å². The molecule has 1 amide bonds. The highest BCUT2D eigenvalue weighted by Crippen LogP contribution is 2.21. The van der Waals surface area contributed by atoms with Gasteiger partial charge in [0.15, 0.2) is 11.9 Å². The van der Waals surface area contributed by atoms with Gasteiger partial charge in [0, 0.05) is 25.2 Å². The summed E-state index contributed by atoms with van der Waals surface area (Å²) < 4.78 is 10.3. The number of carbonyl (C=O) groups is 1. The molecule has 96 valence electrons. The van der Waals surface area contributed by atoms with E-state index >= 15 is 0 Å². The number of H-pyrrole nitrogens is 1. The number of furan rings is 1. The molecule has 3 heterocycles. The van der Waals surface area contributed by atoms with Gasteiger partial charge in [0.25, 0.3) is 0 Å². The molecule has 6 heteroatoms. The van der Waals surface area contributed by atoms with Crippen LogP contribution in [0.2, 0.25) is 0 Å². The maximum atomic E-state index is 11.5. The number of aromatic nitrogens is 1. The van der Waals surface area contributed by atoms with Crippen molar-refractivity contribution in [1.29, 1.82) is 0 Å². The SMILES string of the molecule is O=C(COC(O)c1cc2occc2[nH]1)N1CCC1. The van der Waals surface area contributed by atoms with E-state index in [9.17, 15) is 9.90 Å². The number of hydrogen-bond donors (Lipinski definition) is 2. The fraction of sp³-hybridized carbons (Fsp3) is 0.417. The van der Waals surface area contributed by atoms with E-state index in [2.05, 4.69) is 4.98 Å². The zero-order chi connectivity index (χ0) is 12.5. The summed E-state index contributed by atoms with van der Waals surface area (Å²) >= 11 is 0. The average Bonchev–Trinajstić information content (AvgIpc) is 2.82. The van der Waals surface area contributed by atoms with Crippen molar-refractivity contribution in [3.8, 4) is 0 Å². The molecule has 1 aliphatic rings. The molecule has 0 aromatic carbocycles. The van der Waals surface area contributed by atoms with Crippen molar-refractivity contribution in [1.82, 2.24) is 9.88 Å². The van der Waals surface area contributed by atoms with Crippen molar-refractivity contribution >= 4 is 17.0 Å². The molecule has 2 N–H and O–H groups in total. The molecule has 0 bridgehead atoms. The summed E-state index contributed by atoms with van der Waals surface area (Å²) in [6, 6.07) is 3.42. The molecule has 0 saturated carbocycles. The number of aliphatic hydroxyl groups excluding tert-OH is 1. The molecule has 0 aliphatic carbocycles. The van der Waals surface area contributed by atoms with Crippen LogP contribution in [0.1, 0.15) is 18.4 Å². The molecule has 0 spiro atoms. The van der Waals surface area contributed by atoms with E-state index in [0.29, 0.717) is 11.3 Å². The average molecular weight is 250 g/mol. The molecule has 2 aromatic rings. The van der Waals surface area contributed by atoms with Gasteiger partial charge in [-0.2, -0.15) is 0 Å². The quantitative estimate of drug-likeness (QED) is 0.793. The summed E-state index contributed by atoms with van der Waals surface area (Å²) in [5, 5.41) is 9.80. The summed E-state index contributed by atoms with van der Waals surface area (Å²) in [4.78, 5) is 16.2. The number of ether oxygens (including phenoxy) is 1. The van der Waals surface area contributed by atoms with Crippen molar-refractivity contribution in [3.63, 3.8) is 0 Å². The van der Waals surface area contributed by atoms with Crippen LogP contribution in [0.5, 0.6) is 0 Å². The van der Waals surface area contributed by atoms with Gasteiger partial charge in [-0.15, -0.1) is 0 Å². The Balaban J connectivity index is 1.58. The summed E-state index contributed by atoms with van der Waals surface area (Å²) in [6.07, 6.45) is 1.46. The molecule has 1 fully saturated rings. The normalized spacial score (nSPS) is 16.8. The van der Waals surface area contributed by atoms with Crippen molar-refractivity contribution in [2.75, 3.05) is 19.7 Å². The predicted molar refractivity (Wildman–Crippen MR) is 62.7 cm³/mol. The molecule has 0 radical (unpaired) electrons. The first-order valence-corrected chi connectivity index (χ1v) is 5.87. The Morgan fingerprint density at radius 3 is 3.11 bits per heavy atom. The van der Waals surface area contributed by atoms with Gasteiger partial charge in [0.05, 0.1) is 17.5 Å². The number of aliphatic hydroxyl groups is 1. The first-order chi connectivity index (χ1) is 8.74. The Morgan fingerprint density at radius 1 is 1.61 bits per heavy atom. The Labute approximate surface area is 103 Å². The fourth-order valence-electron chi connectivity index (χ4n) is 1.90.